The molecule has 5 unspecified atom stereocenters. The zero-order valence-corrected chi connectivity index (χ0v) is 25.2. The van der Waals surface area contributed by atoms with Gasteiger partial charge in [0.1, 0.15) is 23.6 Å². The fraction of sp³-hybridized carbons (Fsp3) is 0.529. The first kappa shape index (κ1) is 31.0. The Balaban J connectivity index is 1.80. The number of carbonyl (C=O) groups is 4. The van der Waals surface area contributed by atoms with E-state index in [1.165, 1.54) is 6.07 Å². The molecule has 3 aliphatic rings. The lowest BCUT2D eigenvalue weighted by Crippen LogP contribution is -2.82. The molecule has 0 spiro atoms. The lowest BCUT2D eigenvalue weighted by molar-refractivity contribution is -0.292. The van der Waals surface area contributed by atoms with E-state index >= 15 is 0 Å². The number of phenolic OH excluding ortho intramolecular Hbond substituents is 1. The average molecular weight is 592 g/mol. The molecule has 0 aromatic heterocycles. The lowest BCUT2D eigenvalue weighted by atomic mass is 9.33. The number of rotatable bonds is 6. The fourth-order valence-electron chi connectivity index (χ4n) is 9.49. The Morgan fingerprint density at radius 3 is 2.21 bits per heavy atom. The van der Waals surface area contributed by atoms with Gasteiger partial charge in [-0.25, -0.2) is 0 Å². The highest BCUT2D eigenvalue weighted by Crippen LogP contribution is 2.71. The van der Waals surface area contributed by atoms with Crippen LogP contribution in [-0.4, -0.2) is 61.5 Å². The third-order valence-electron chi connectivity index (χ3n) is 11.5. The van der Waals surface area contributed by atoms with Crippen molar-refractivity contribution in [3.63, 3.8) is 0 Å². The number of hydrogen-bond acceptors (Lipinski definition) is 8. The van der Waals surface area contributed by atoms with E-state index in [2.05, 4.69) is 0 Å². The zero-order valence-electron chi connectivity index (χ0n) is 25.2. The second kappa shape index (κ2) is 10.4. The van der Waals surface area contributed by atoms with Crippen molar-refractivity contribution >= 4 is 23.3 Å². The number of primary amides is 1. The molecule has 0 aliphatic heterocycles. The number of Topliss-reactive ketones (excluding diaryl/α,β-unsaturated/α-hetero) is 3. The predicted molar refractivity (Wildman–Crippen MR) is 157 cm³/mol. The van der Waals surface area contributed by atoms with Gasteiger partial charge in [-0.15, -0.1) is 0 Å². The minimum Gasteiger partial charge on any atom is -0.507 e. The minimum absolute atomic E-state index is 0.00626. The maximum absolute atomic E-state index is 14.3. The summed E-state index contributed by atoms with van der Waals surface area (Å²) in [5.41, 5.74) is 1.27. The van der Waals surface area contributed by atoms with Crippen molar-refractivity contribution in [2.75, 3.05) is 0 Å². The summed E-state index contributed by atoms with van der Waals surface area (Å²) < 4.78 is 0. The molecule has 2 aromatic carbocycles. The van der Waals surface area contributed by atoms with E-state index in [4.69, 9.17) is 5.73 Å². The largest absolute Gasteiger partial charge is 0.507 e. The van der Waals surface area contributed by atoms with Crippen LogP contribution in [0.5, 0.6) is 5.75 Å². The van der Waals surface area contributed by atoms with Crippen LogP contribution in [0, 0.1) is 40.4 Å². The first-order valence-electron chi connectivity index (χ1n) is 14.9. The van der Waals surface area contributed by atoms with E-state index in [9.17, 15) is 39.6 Å². The number of aromatic hydroxyl groups is 1. The van der Waals surface area contributed by atoms with Crippen molar-refractivity contribution in [3.05, 3.63) is 65.2 Å². The van der Waals surface area contributed by atoms with E-state index in [0.29, 0.717) is 5.56 Å². The van der Waals surface area contributed by atoms with Crippen LogP contribution in [0.15, 0.2) is 48.5 Å². The van der Waals surface area contributed by atoms with Crippen molar-refractivity contribution in [1.82, 2.24) is 0 Å². The zero-order chi connectivity index (χ0) is 31.8. The van der Waals surface area contributed by atoms with Gasteiger partial charge in [-0.3, -0.25) is 19.2 Å². The van der Waals surface area contributed by atoms with Gasteiger partial charge in [0.2, 0.25) is 5.91 Å². The molecule has 43 heavy (non-hydrogen) atoms. The van der Waals surface area contributed by atoms with E-state index in [1.807, 2.05) is 37.3 Å². The molecule has 230 valence electrons. The first-order chi connectivity index (χ1) is 20.1. The van der Waals surface area contributed by atoms with E-state index in [-0.39, 0.29) is 29.9 Å². The monoisotopic (exact) mass is 591 g/mol. The van der Waals surface area contributed by atoms with Crippen molar-refractivity contribution in [2.24, 2.45) is 46.2 Å². The lowest BCUT2D eigenvalue weighted by Gasteiger charge is -2.71. The molecule has 3 aliphatic carbocycles. The number of benzene rings is 2. The van der Waals surface area contributed by atoms with E-state index in [0.717, 1.165) is 5.56 Å². The number of carbonyl (C=O) groups excluding carboxylic acids is 4. The summed E-state index contributed by atoms with van der Waals surface area (Å²) in [6, 6.07) is 13.8. The molecule has 10 atom stereocenters. The molecule has 1 amide bonds. The van der Waals surface area contributed by atoms with Gasteiger partial charge in [0.25, 0.3) is 0 Å². The third-order valence-corrected chi connectivity index (χ3v) is 11.5. The Morgan fingerprint density at radius 2 is 1.63 bits per heavy atom. The Hall–Kier alpha value is -3.40. The summed E-state index contributed by atoms with van der Waals surface area (Å²) in [7, 11) is 0. The van der Waals surface area contributed by atoms with Crippen LogP contribution in [0.4, 0.5) is 0 Å². The highest BCUT2D eigenvalue weighted by atomic mass is 16.4. The van der Waals surface area contributed by atoms with Crippen LogP contribution in [-0.2, 0) is 20.8 Å². The number of aliphatic hydroxyl groups is 3. The van der Waals surface area contributed by atoms with Gasteiger partial charge in [-0.05, 0) is 46.3 Å². The first-order valence-corrected chi connectivity index (χ1v) is 14.9. The number of ketones is 3. The molecule has 2 aromatic rings. The summed E-state index contributed by atoms with van der Waals surface area (Å²) in [5, 5.41) is 47.2. The SMILES string of the molecule is CC(C)[C@H]1C(O)C(C(N)=O)C(=O)[C@]2(O)C(O)C3C(=O)c4c(O)cccc4[C@@H](C)[C@]3(C)C(CC(=O)Cc3ccccc3)[C@]12C. The number of phenols is 1. The van der Waals surface area contributed by atoms with Gasteiger partial charge in [0, 0.05) is 18.3 Å². The van der Waals surface area contributed by atoms with Crippen LogP contribution in [0.25, 0.3) is 0 Å². The quantitative estimate of drug-likeness (QED) is 0.319. The van der Waals surface area contributed by atoms with Crippen molar-refractivity contribution in [1.29, 1.82) is 0 Å². The predicted octanol–water partition coefficient (Wildman–Crippen LogP) is 2.56. The second-order valence-electron chi connectivity index (χ2n) is 13.6. The molecule has 9 heteroatoms. The van der Waals surface area contributed by atoms with Crippen LogP contribution in [0.3, 0.4) is 0 Å². The molecule has 2 saturated carbocycles. The minimum atomic E-state index is -2.72. The topological polar surface area (TPSA) is 175 Å². The number of amides is 1. The standard InChI is InChI=1S/C34H41NO8/c1-16(2)25-28(39)24(31(35)42)29(40)34(43)30(41)26-27(38)23-20(12-9-13-21(23)37)17(3)32(26,4)22(33(25,34)5)15-19(36)14-18-10-7-6-8-11-18/h6-13,16-17,22,24-26,28,30,37,39,41,43H,14-15H2,1-5H3,(H2,35,42)/t17-,22?,24?,25+,26?,28?,30?,32-,33-,34+/m1/s1. The number of fused-ring (bicyclic) bond motifs is 3. The molecule has 0 radical (unpaired) electrons. The summed E-state index contributed by atoms with van der Waals surface area (Å²) >= 11 is 0. The van der Waals surface area contributed by atoms with Gasteiger partial charge < -0.3 is 26.2 Å². The molecule has 0 bridgehead atoms. The van der Waals surface area contributed by atoms with Crippen LogP contribution < -0.4 is 5.73 Å². The number of aliphatic hydroxyl groups excluding tert-OH is 2. The molecular weight excluding hydrogens is 550 g/mol. The summed E-state index contributed by atoms with van der Waals surface area (Å²) in [5.74, 6) is -9.59. The van der Waals surface area contributed by atoms with E-state index < -0.39 is 81.6 Å². The molecule has 0 heterocycles. The average Bonchev–Trinajstić information content (AvgIpc) is 2.92. The fourth-order valence-corrected chi connectivity index (χ4v) is 9.49. The molecular formula is C34H41NO8. The van der Waals surface area contributed by atoms with Gasteiger partial charge in [-0.1, -0.05) is 77.1 Å². The molecule has 6 N–H and O–H groups in total. The van der Waals surface area contributed by atoms with Crippen LogP contribution in [0.1, 0.15) is 68.4 Å². The third kappa shape index (κ3) is 4.01. The van der Waals surface area contributed by atoms with Crippen molar-refractivity contribution in [2.45, 2.75) is 71.2 Å². The molecule has 0 saturated heterocycles. The smallest absolute Gasteiger partial charge is 0.230 e. The number of nitrogens with two attached hydrogens (primary N) is 1. The molecule has 2 fully saturated rings. The Kier molecular flexibility index (Phi) is 7.47. The number of hydrogen-bond donors (Lipinski definition) is 5. The highest BCUT2D eigenvalue weighted by Gasteiger charge is 2.80. The van der Waals surface area contributed by atoms with Gasteiger partial charge in [0.05, 0.1) is 17.6 Å². The van der Waals surface area contributed by atoms with Crippen LogP contribution >= 0.6 is 0 Å². The normalized spacial score (nSPS) is 38.7. The maximum Gasteiger partial charge on any atom is 0.230 e. The summed E-state index contributed by atoms with van der Waals surface area (Å²) in [6.07, 6.45) is -3.74. The van der Waals surface area contributed by atoms with Crippen molar-refractivity contribution < 1.29 is 39.6 Å². The summed E-state index contributed by atoms with van der Waals surface area (Å²) in [4.78, 5) is 55.0. The Morgan fingerprint density at radius 1 is 1.00 bits per heavy atom. The second-order valence-corrected chi connectivity index (χ2v) is 13.6. The highest BCUT2D eigenvalue weighted by molar-refractivity contribution is 6.09. The molecule has 9 nitrogen and oxygen atoms in total. The van der Waals surface area contributed by atoms with Gasteiger partial charge in [-0.2, -0.15) is 0 Å². The molecule has 5 rings (SSSR count). The van der Waals surface area contributed by atoms with Gasteiger partial charge >= 0.3 is 0 Å². The maximum atomic E-state index is 14.3. The van der Waals surface area contributed by atoms with E-state index in [1.54, 1.807) is 39.8 Å². The Bertz CT molecular complexity index is 1490. The van der Waals surface area contributed by atoms with Crippen LogP contribution in [0.2, 0.25) is 0 Å². The summed E-state index contributed by atoms with van der Waals surface area (Å²) in [6.45, 7) is 8.79. The van der Waals surface area contributed by atoms with Crippen molar-refractivity contribution in [3.8, 4) is 5.75 Å². The van der Waals surface area contributed by atoms with Gasteiger partial charge in [0.15, 0.2) is 17.2 Å². The Labute approximate surface area is 251 Å².